The van der Waals surface area contributed by atoms with Crippen molar-refractivity contribution in [2.45, 2.75) is 0 Å². The summed E-state index contributed by atoms with van der Waals surface area (Å²) in [5.41, 5.74) is -0.226. The van der Waals surface area contributed by atoms with Crippen molar-refractivity contribution < 1.29 is 9.72 Å². The third-order valence-electron chi connectivity index (χ3n) is 2.05. The first-order valence-electron chi connectivity index (χ1n) is 4.69. The summed E-state index contributed by atoms with van der Waals surface area (Å²) in [6.45, 7) is 0. The monoisotopic (exact) mass is 267 g/mol. The number of benzene rings is 1. The number of amides is 1. The van der Waals surface area contributed by atoms with Crippen molar-refractivity contribution >= 4 is 28.9 Å². The van der Waals surface area contributed by atoms with Crippen LogP contribution in [0.3, 0.4) is 0 Å². The number of halogens is 1. The lowest BCUT2D eigenvalue weighted by Crippen LogP contribution is -2.13. The Bertz CT molecular complexity index is 598. The fourth-order valence-corrected chi connectivity index (χ4v) is 1.43. The average Bonchev–Trinajstić information content (AvgIpc) is 2.84. The predicted octanol–water partition coefficient (Wildman–Crippen LogP) is 1.62. The molecule has 9 heteroatoms. The van der Waals surface area contributed by atoms with Crippen molar-refractivity contribution in [1.82, 2.24) is 15.4 Å². The van der Waals surface area contributed by atoms with Gasteiger partial charge in [-0.1, -0.05) is 11.6 Å². The molecule has 1 heterocycles. The molecule has 92 valence electrons. The fourth-order valence-electron chi connectivity index (χ4n) is 1.26. The molecular weight excluding hydrogens is 262 g/mol. The van der Waals surface area contributed by atoms with Crippen LogP contribution in [-0.2, 0) is 0 Å². The molecule has 0 aliphatic carbocycles. The standard InChI is InChI=1S/C9H6ClN5O3/c10-5-1-2-6(8(3-5)15(17)18)12-9(16)7-4-11-14-13-7/h1-4H,(H,12,16)(H,11,13,14). The van der Waals surface area contributed by atoms with Crippen LogP contribution < -0.4 is 5.32 Å². The van der Waals surface area contributed by atoms with Gasteiger partial charge < -0.3 is 5.32 Å². The first-order valence-corrected chi connectivity index (χ1v) is 5.07. The first kappa shape index (κ1) is 12.0. The predicted molar refractivity (Wildman–Crippen MR) is 62.4 cm³/mol. The van der Waals surface area contributed by atoms with Gasteiger partial charge in [-0.05, 0) is 12.1 Å². The highest BCUT2D eigenvalue weighted by Gasteiger charge is 2.18. The molecule has 1 aromatic heterocycles. The molecule has 0 fully saturated rings. The largest absolute Gasteiger partial charge is 0.315 e. The molecule has 2 N–H and O–H groups in total. The topological polar surface area (TPSA) is 114 Å². The zero-order chi connectivity index (χ0) is 13.1. The van der Waals surface area contributed by atoms with Crippen LogP contribution >= 0.6 is 11.6 Å². The van der Waals surface area contributed by atoms with Crippen molar-refractivity contribution in [1.29, 1.82) is 0 Å². The van der Waals surface area contributed by atoms with Gasteiger partial charge in [-0.15, -0.1) is 0 Å². The van der Waals surface area contributed by atoms with E-state index in [1.165, 1.54) is 18.3 Å². The zero-order valence-corrected chi connectivity index (χ0v) is 9.51. The van der Waals surface area contributed by atoms with E-state index >= 15 is 0 Å². The van der Waals surface area contributed by atoms with Crippen LogP contribution in [0.15, 0.2) is 24.4 Å². The van der Waals surface area contributed by atoms with Crippen molar-refractivity contribution in [2.75, 3.05) is 5.32 Å². The quantitative estimate of drug-likeness (QED) is 0.648. The second kappa shape index (κ2) is 4.80. The summed E-state index contributed by atoms with van der Waals surface area (Å²) in [5, 5.41) is 22.7. The number of rotatable bonds is 3. The number of nitrogens with one attached hydrogen (secondary N) is 2. The lowest BCUT2D eigenvalue weighted by Gasteiger charge is -2.04. The van der Waals surface area contributed by atoms with Gasteiger partial charge in [0.25, 0.3) is 11.6 Å². The van der Waals surface area contributed by atoms with E-state index in [9.17, 15) is 14.9 Å². The molecule has 18 heavy (non-hydrogen) atoms. The van der Waals surface area contributed by atoms with Crippen molar-refractivity contribution in [3.63, 3.8) is 0 Å². The lowest BCUT2D eigenvalue weighted by atomic mass is 10.2. The van der Waals surface area contributed by atoms with E-state index in [0.717, 1.165) is 6.07 Å². The molecule has 0 saturated heterocycles. The molecule has 0 unspecified atom stereocenters. The molecule has 2 aromatic rings. The summed E-state index contributed by atoms with van der Waals surface area (Å²) >= 11 is 5.65. The Kier molecular flexibility index (Phi) is 3.20. The van der Waals surface area contributed by atoms with Crippen LogP contribution in [0.1, 0.15) is 10.5 Å². The van der Waals surface area contributed by atoms with Crippen molar-refractivity contribution in [3.8, 4) is 0 Å². The van der Waals surface area contributed by atoms with E-state index in [2.05, 4.69) is 20.7 Å². The maximum Gasteiger partial charge on any atom is 0.294 e. The molecule has 0 atom stereocenters. The Labute approximate surface area is 105 Å². The second-order valence-electron chi connectivity index (χ2n) is 3.23. The maximum atomic E-state index is 11.6. The maximum absolute atomic E-state index is 11.6. The summed E-state index contributed by atoms with van der Waals surface area (Å²) < 4.78 is 0. The summed E-state index contributed by atoms with van der Waals surface area (Å²) in [5.74, 6) is -0.603. The van der Waals surface area contributed by atoms with Crippen LogP contribution in [0, 0.1) is 10.1 Å². The number of nitrogens with zero attached hydrogens (tertiary/aromatic N) is 3. The number of anilines is 1. The highest BCUT2D eigenvalue weighted by Crippen LogP contribution is 2.27. The van der Waals surface area contributed by atoms with Gasteiger partial charge in [0.2, 0.25) is 0 Å². The molecule has 0 spiro atoms. The van der Waals surface area contributed by atoms with E-state index < -0.39 is 10.8 Å². The van der Waals surface area contributed by atoms with E-state index in [4.69, 9.17) is 11.6 Å². The molecule has 2 rings (SSSR count). The van der Waals surface area contributed by atoms with E-state index in [1.54, 1.807) is 0 Å². The number of nitro benzene ring substituents is 1. The van der Waals surface area contributed by atoms with Gasteiger partial charge in [0, 0.05) is 11.1 Å². The molecule has 1 amide bonds. The molecule has 0 bridgehead atoms. The summed E-state index contributed by atoms with van der Waals surface area (Å²) in [6, 6.07) is 3.94. The lowest BCUT2D eigenvalue weighted by molar-refractivity contribution is -0.383. The normalized spacial score (nSPS) is 10.1. The minimum absolute atomic E-state index is 0.0271. The molecule has 1 aromatic carbocycles. The van der Waals surface area contributed by atoms with Crippen LogP contribution in [0.25, 0.3) is 0 Å². The van der Waals surface area contributed by atoms with E-state index in [-0.39, 0.29) is 22.1 Å². The highest BCUT2D eigenvalue weighted by atomic mass is 35.5. The molecule has 0 radical (unpaired) electrons. The van der Waals surface area contributed by atoms with Gasteiger partial charge in [-0.3, -0.25) is 14.9 Å². The minimum atomic E-state index is -0.635. The molecule has 0 aliphatic rings. The zero-order valence-electron chi connectivity index (χ0n) is 8.75. The Morgan fingerprint density at radius 1 is 1.50 bits per heavy atom. The van der Waals surface area contributed by atoms with Gasteiger partial charge in [-0.25, -0.2) is 0 Å². The first-order chi connectivity index (χ1) is 8.58. The van der Waals surface area contributed by atoms with Crippen LogP contribution in [0.5, 0.6) is 0 Å². The highest BCUT2D eigenvalue weighted by molar-refractivity contribution is 6.31. The summed E-state index contributed by atoms with van der Waals surface area (Å²) in [4.78, 5) is 21.8. The number of nitro groups is 1. The van der Waals surface area contributed by atoms with Crippen molar-refractivity contribution in [2.24, 2.45) is 0 Å². The van der Waals surface area contributed by atoms with Crippen LogP contribution in [-0.4, -0.2) is 26.2 Å². The van der Waals surface area contributed by atoms with E-state index in [1.807, 2.05) is 0 Å². The molecular formula is C9H6ClN5O3. The number of hydrogen-bond donors (Lipinski definition) is 2. The van der Waals surface area contributed by atoms with E-state index in [0.29, 0.717) is 0 Å². The van der Waals surface area contributed by atoms with Gasteiger partial charge in [-0.2, -0.15) is 15.4 Å². The number of H-pyrrole nitrogens is 1. The second-order valence-corrected chi connectivity index (χ2v) is 3.66. The number of carbonyl (C=O) groups is 1. The van der Waals surface area contributed by atoms with Crippen molar-refractivity contribution in [3.05, 3.63) is 45.2 Å². The van der Waals surface area contributed by atoms with Crippen LogP contribution in [0.4, 0.5) is 11.4 Å². The summed E-state index contributed by atoms with van der Waals surface area (Å²) in [7, 11) is 0. The summed E-state index contributed by atoms with van der Waals surface area (Å²) in [6.07, 6.45) is 1.21. The molecule has 0 aliphatic heterocycles. The van der Waals surface area contributed by atoms with Gasteiger partial charge >= 0.3 is 0 Å². The van der Waals surface area contributed by atoms with Gasteiger partial charge in [0.15, 0.2) is 5.69 Å². The van der Waals surface area contributed by atoms with Gasteiger partial charge in [0.05, 0.1) is 11.1 Å². The Morgan fingerprint density at radius 2 is 2.28 bits per heavy atom. The number of aromatic nitrogens is 3. The number of carbonyl (C=O) groups excluding carboxylic acids is 1. The average molecular weight is 268 g/mol. The Morgan fingerprint density at radius 3 is 2.89 bits per heavy atom. The number of hydrogen-bond acceptors (Lipinski definition) is 5. The number of aromatic amines is 1. The third-order valence-corrected chi connectivity index (χ3v) is 2.29. The Hall–Kier alpha value is -2.48. The smallest absolute Gasteiger partial charge is 0.294 e. The third kappa shape index (κ3) is 2.43. The minimum Gasteiger partial charge on any atom is -0.315 e. The SMILES string of the molecule is O=C(Nc1ccc(Cl)cc1[N+](=O)[O-])c1cn[nH]n1. The molecule has 8 nitrogen and oxygen atoms in total. The fraction of sp³-hybridized carbons (Fsp3) is 0. The molecule has 0 saturated carbocycles. The van der Waals surface area contributed by atoms with Gasteiger partial charge in [0.1, 0.15) is 5.69 Å². The Balaban J connectivity index is 2.29. The van der Waals surface area contributed by atoms with Crippen LogP contribution in [0.2, 0.25) is 5.02 Å².